The van der Waals surface area contributed by atoms with E-state index in [2.05, 4.69) is 43.9 Å². The van der Waals surface area contributed by atoms with Gasteiger partial charge in [-0.2, -0.15) is 0 Å². The van der Waals surface area contributed by atoms with Crippen LogP contribution >= 0.6 is 11.6 Å². The second-order valence-corrected chi connectivity index (χ2v) is 5.63. The molecule has 1 rings (SSSR count). The number of likely N-dealkylation sites (N-methyl/N-ethyl adjacent to an activating group) is 1. The van der Waals surface area contributed by atoms with Crippen LogP contribution in [0, 0.1) is 13.8 Å². The van der Waals surface area contributed by atoms with Gasteiger partial charge in [0.2, 0.25) is 0 Å². The van der Waals surface area contributed by atoms with Crippen LogP contribution in [0.15, 0.2) is 18.2 Å². The largest absolute Gasteiger partial charge is 0.492 e. The Balaban J connectivity index is 2.30. The van der Waals surface area contributed by atoms with Crippen LogP contribution < -0.4 is 4.74 Å². The summed E-state index contributed by atoms with van der Waals surface area (Å²) >= 11 is 5.70. The molecule has 0 fully saturated rings. The summed E-state index contributed by atoms with van der Waals surface area (Å²) in [7, 11) is 0. The standard InChI is InChI=1S/C17H28ClNO/c1-4-19(12-7-5-6-11-18)13-14-20-17-15(2)9-8-10-16(17)3/h8-10H,4-7,11-14H2,1-3H3. The Morgan fingerprint density at radius 1 is 1.05 bits per heavy atom. The van der Waals surface area contributed by atoms with Gasteiger partial charge in [0, 0.05) is 12.4 Å². The summed E-state index contributed by atoms with van der Waals surface area (Å²) in [5.74, 6) is 1.83. The molecule has 0 spiro atoms. The average molecular weight is 298 g/mol. The number of rotatable bonds is 10. The van der Waals surface area contributed by atoms with Crippen molar-refractivity contribution in [2.45, 2.75) is 40.0 Å². The van der Waals surface area contributed by atoms with Crippen LogP contribution in [0.5, 0.6) is 5.75 Å². The molecule has 0 saturated heterocycles. The van der Waals surface area contributed by atoms with E-state index in [0.717, 1.165) is 44.3 Å². The summed E-state index contributed by atoms with van der Waals surface area (Å²) in [5, 5.41) is 0. The quantitative estimate of drug-likeness (QED) is 0.468. The van der Waals surface area contributed by atoms with Crippen LogP contribution in [-0.4, -0.2) is 37.0 Å². The highest BCUT2D eigenvalue weighted by Gasteiger charge is 2.05. The minimum absolute atomic E-state index is 0.759. The third-order valence-corrected chi connectivity index (χ3v) is 3.89. The number of halogens is 1. The first-order valence-corrected chi connectivity index (χ1v) is 8.19. The molecule has 1 aromatic carbocycles. The Morgan fingerprint density at radius 3 is 2.35 bits per heavy atom. The number of alkyl halides is 1. The fraction of sp³-hybridized carbons (Fsp3) is 0.647. The lowest BCUT2D eigenvalue weighted by Crippen LogP contribution is -2.29. The van der Waals surface area contributed by atoms with Gasteiger partial charge in [-0.05, 0) is 50.9 Å². The molecular formula is C17H28ClNO. The number of aryl methyl sites for hydroxylation is 2. The Kier molecular flexibility index (Phi) is 8.72. The highest BCUT2D eigenvalue weighted by atomic mass is 35.5. The molecule has 114 valence electrons. The van der Waals surface area contributed by atoms with Crippen molar-refractivity contribution in [1.82, 2.24) is 4.90 Å². The number of ether oxygens (including phenoxy) is 1. The van der Waals surface area contributed by atoms with Gasteiger partial charge in [0.25, 0.3) is 0 Å². The average Bonchev–Trinajstić information content (AvgIpc) is 2.44. The zero-order valence-corrected chi connectivity index (χ0v) is 13.9. The second kappa shape index (κ2) is 10.1. The molecule has 0 saturated carbocycles. The normalized spacial score (nSPS) is 11.1. The van der Waals surface area contributed by atoms with Crippen molar-refractivity contribution in [2.24, 2.45) is 0 Å². The number of nitrogens with zero attached hydrogens (tertiary/aromatic N) is 1. The van der Waals surface area contributed by atoms with E-state index in [1.54, 1.807) is 0 Å². The van der Waals surface area contributed by atoms with Crippen LogP contribution in [0.25, 0.3) is 0 Å². The van der Waals surface area contributed by atoms with Crippen molar-refractivity contribution in [3.8, 4) is 5.75 Å². The van der Waals surface area contributed by atoms with Gasteiger partial charge in [-0.15, -0.1) is 11.6 Å². The Hall–Kier alpha value is -0.730. The fourth-order valence-corrected chi connectivity index (χ4v) is 2.53. The molecule has 0 aliphatic carbocycles. The summed E-state index contributed by atoms with van der Waals surface area (Å²) in [6, 6.07) is 6.28. The molecule has 2 nitrogen and oxygen atoms in total. The third kappa shape index (κ3) is 6.15. The Labute approximate surface area is 129 Å². The zero-order chi connectivity index (χ0) is 14.8. The van der Waals surface area contributed by atoms with Crippen LogP contribution in [0.4, 0.5) is 0 Å². The van der Waals surface area contributed by atoms with E-state index in [1.807, 2.05) is 0 Å². The van der Waals surface area contributed by atoms with Gasteiger partial charge in [0.1, 0.15) is 12.4 Å². The second-order valence-electron chi connectivity index (χ2n) is 5.25. The van der Waals surface area contributed by atoms with Gasteiger partial charge < -0.3 is 9.64 Å². The Morgan fingerprint density at radius 2 is 1.75 bits per heavy atom. The minimum Gasteiger partial charge on any atom is -0.492 e. The number of benzene rings is 1. The lowest BCUT2D eigenvalue weighted by atomic mass is 10.1. The summed E-state index contributed by atoms with van der Waals surface area (Å²) in [5.41, 5.74) is 2.44. The van der Waals surface area contributed by atoms with E-state index in [1.165, 1.54) is 24.0 Å². The monoisotopic (exact) mass is 297 g/mol. The van der Waals surface area contributed by atoms with Gasteiger partial charge in [-0.25, -0.2) is 0 Å². The molecule has 0 heterocycles. The fourth-order valence-electron chi connectivity index (χ4n) is 2.34. The molecule has 0 amide bonds. The number of unbranched alkanes of at least 4 members (excludes halogenated alkanes) is 2. The van der Waals surface area contributed by atoms with Gasteiger partial charge >= 0.3 is 0 Å². The minimum atomic E-state index is 0.759. The zero-order valence-electron chi connectivity index (χ0n) is 13.1. The molecule has 0 radical (unpaired) electrons. The molecule has 0 aromatic heterocycles. The molecule has 0 aliphatic heterocycles. The smallest absolute Gasteiger partial charge is 0.125 e. The lowest BCUT2D eigenvalue weighted by molar-refractivity contribution is 0.211. The predicted molar refractivity (Wildman–Crippen MR) is 88.1 cm³/mol. The van der Waals surface area contributed by atoms with E-state index in [4.69, 9.17) is 16.3 Å². The maximum atomic E-state index is 5.96. The van der Waals surface area contributed by atoms with Crippen molar-refractivity contribution in [1.29, 1.82) is 0 Å². The van der Waals surface area contributed by atoms with Gasteiger partial charge in [-0.1, -0.05) is 31.5 Å². The first-order valence-electron chi connectivity index (χ1n) is 7.66. The predicted octanol–water partition coefficient (Wildman–Crippen LogP) is 4.41. The van der Waals surface area contributed by atoms with Gasteiger partial charge in [-0.3, -0.25) is 0 Å². The first-order chi connectivity index (χ1) is 9.69. The maximum absolute atomic E-state index is 5.96. The highest BCUT2D eigenvalue weighted by Crippen LogP contribution is 2.22. The maximum Gasteiger partial charge on any atom is 0.125 e. The summed E-state index contributed by atoms with van der Waals surface area (Å²) < 4.78 is 5.96. The van der Waals surface area contributed by atoms with Crippen LogP contribution in [0.3, 0.4) is 0 Å². The number of hydrogen-bond acceptors (Lipinski definition) is 2. The van der Waals surface area contributed by atoms with Crippen molar-refractivity contribution in [3.05, 3.63) is 29.3 Å². The van der Waals surface area contributed by atoms with Gasteiger partial charge in [0.15, 0.2) is 0 Å². The number of hydrogen-bond donors (Lipinski definition) is 0. The van der Waals surface area contributed by atoms with Crippen molar-refractivity contribution < 1.29 is 4.74 Å². The van der Waals surface area contributed by atoms with Crippen molar-refractivity contribution in [3.63, 3.8) is 0 Å². The summed E-state index contributed by atoms with van der Waals surface area (Å²) in [6.45, 7) is 10.4. The van der Waals surface area contributed by atoms with E-state index in [-0.39, 0.29) is 0 Å². The van der Waals surface area contributed by atoms with E-state index < -0.39 is 0 Å². The topological polar surface area (TPSA) is 12.5 Å². The highest BCUT2D eigenvalue weighted by molar-refractivity contribution is 6.17. The molecule has 0 aliphatic rings. The molecule has 0 N–H and O–H groups in total. The van der Waals surface area contributed by atoms with E-state index in [9.17, 15) is 0 Å². The molecule has 20 heavy (non-hydrogen) atoms. The van der Waals surface area contributed by atoms with Gasteiger partial charge in [0.05, 0.1) is 0 Å². The molecule has 0 unspecified atom stereocenters. The molecule has 3 heteroatoms. The molecule has 0 atom stereocenters. The first kappa shape index (κ1) is 17.3. The van der Waals surface area contributed by atoms with Crippen LogP contribution in [0.1, 0.15) is 37.3 Å². The Bertz CT molecular complexity index is 361. The molecule has 0 bridgehead atoms. The van der Waals surface area contributed by atoms with Crippen LogP contribution in [0.2, 0.25) is 0 Å². The summed E-state index contributed by atoms with van der Waals surface area (Å²) in [4.78, 5) is 2.45. The van der Waals surface area contributed by atoms with E-state index >= 15 is 0 Å². The molecular weight excluding hydrogens is 270 g/mol. The lowest BCUT2D eigenvalue weighted by Gasteiger charge is -2.21. The molecule has 1 aromatic rings. The van der Waals surface area contributed by atoms with Crippen molar-refractivity contribution >= 4 is 11.6 Å². The summed E-state index contributed by atoms with van der Waals surface area (Å²) in [6.07, 6.45) is 3.57. The van der Waals surface area contributed by atoms with E-state index in [0.29, 0.717) is 0 Å². The van der Waals surface area contributed by atoms with Crippen molar-refractivity contribution in [2.75, 3.05) is 32.1 Å². The SMILES string of the molecule is CCN(CCCCCCl)CCOc1c(C)cccc1C. The number of para-hydroxylation sites is 1. The third-order valence-electron chi connectivity index (χ3n) is 3.62. The van der Waals surface area contributed by atoms with Crippen LogP contribution in [-0.2, 0) is 0 Å².